The smallest absolute Gasteiger partial charge is 0.409 e. The van der Waals surface area contributed by atoms with E-state index in [-0.39, 0.29) is 12.0 Å². The average molecular weight is 344 g/mol. The second-order valence-electron chi connectivity index (χ2n) is 6.74. The van der Waals surface area contributed by atoms with Crippen LogP contribution in [0.3, 0.4) is 0 Å². The summed E-state index contributed by atoms with van der Waals surface area (Å²) in [7, 11) is 0. The maximum atomic E-state index is 12.9. The van der Waals surface area contributed by atoms with E-state index >= 15 is 0 Å². The highest BCUT2D eigenvalue weighted by Crippen LogP contribution is 2.18. The molecule has 2 aromatic rings. The van der Waals surface area contributed by atoms with Gasteiger partial charge in [-0.1, -0.05) is 26.0 Å². The lowest BCUT2D eigenvalue weighted by molar-refractivity contribution is 0.0748. The van der Waals surface area contributed by atoms with Crippen LogP contribution in [0.1, 0.15) is 30.6 Å². The summed E-state index contributed by atoms with van der Waals surface area (Å²) in [5, 5.41) is 7.83. The number of H-pyrrole nitrogens is 1. The van der Waals surface area contributed by atoms with Crippen molar-refractivity contribution in [1.82, 2.24) is 20.0 Å². The van der Waals surface area contributed by atoms with Gasteiger partial charge in [0.1, 0.15) is 0 Å². The van der Waals surface area contributed by atoms with Gasteiger partial charge in [0.25, 0.3) is 5.91 Å². The fourth-order valence-electron chi connectivity index (χ4n) is 2.95. The normalized spacial score (nSPS) is 15.5. The van der Waals surface area contributed by atoms with Gasteiger partial charge in [-0.2, -0.15) is 5.10 Å². The van der Waals surface area contributed by atoms with Crippen LogP contribution in [0.25, 0.3) is 10.9 Å². The Bertz CT molecular complexity index is 756. The van der Waals surface area contributed by atoms with E-state index < -0.39 is 0 Å². The van der Waals surface area contributed by atoms with Crippen molar-refractivity contribution < 1.29 is 14.3 Å². The number of hydrogen-bond donors (Lipinski definition) is 1. The zero-order valence-corrected chi connectivity index (χ0v) is 14.7. The lowest BCUT2D eigenvalue weighted by Gasteiger charge is -2.22. The number of amides is 2. The molecule has 0 spiro atoms. The maximum Gasteiger partial charge on any atom is 0.409 e. The summed E-state index contributed by atoms with van der Waals surface area (Å²) in [5.74, 6) is 0.274. The van der Waals surface area contributed by atoms with Gasteiger partial charge < -0.3 is 14.5 Å². The minimum Gasteiger partial charge on any atom is -0.449 e. The molecule has 1 aliphatic rings. The second-order valence-corrected chi connectivity index (χ2v) is 6.74. The number of carbonyl (C=O) groups excluding carboxylic acids is 2. The minimum atomic E-state index is -0.293. The molecular formula is C18H24N4O3. The van der Waals surface area contributed by atoms with Gasteiger partial charge in [-0.05, 0) is 18.4 Å². The molecule has 7 nitrogen and oxygen atoms in total. The Morgan fingerprint density at radius 2 is 1.96 bits per heavy atom. The largest absolute Gasteiger partial charge is 0.449 e. The van der Waals surface area contributed by atoms with E-state index in [9.17, 15) is 9.59 Å². The number of aromatic nitrogens is 2. The molecule has 1 fully saturated rings. The molecule has 1 N–H and O–H groups in total. The van der Waals surface area contributed by atoms with Crippen LogP contribution in [0.15, 0.2) is 24.4 Å². The molecule has 2 heterocycles. The van der Waals surface area contributed by atoms with Crippen molar-refractivity contribution in [3.05, 3.63) is 30.0 Å². The van der Waals surface area contributed by atoms with E-state index in [2.05, 4.69) is 10.2 Å². The summed E-state index contributed by atoms with van der Waals surface area (Å²) in [5.41, 5.74) is 1.37. The molecule has 0 radical (unpaired) electrons. The maximum absolute atomic E-state index is 12.9. The highest BCUT2D eigenvalue weighted by molar-refractivity contribution is 6.05. The first-order valence-corrected chi connectivity index (χ1v) is 8.69. The molecule has 1 saturated heterocycles. The first kappa shape index (κ1) is 17.3. The zero-order valence-electron chi connectivity index (χ0n) is 14.7. The highest BCUT2D eigenvalue weighted by atomic mass is 16.6. The third-order valence-electron chi connectivity index (χ3n) is 4.29. The van der Waals surface area contributed by atoms with Crippen LogP contribution in [0.2, 0.25) is 0 Å². The van der Waals surface area contributed by atoms with Crippen LogP contribution in [0, 0.1) is 5.92 Å². The molecule has 0 bridgehead atoms. The predicted octanol–water partition coefficient (Wildman–Crippen LogP) is 2.50. The molecule has 3 rings (SSSR count). The monoisotopic (exact) mass is 344 g/mol. The van der Waals surface area contributed by atoms with Gasteiger partial charge in [0, 0.05) is 31.6 Å². The lowest BCUT2D eigenvalue weighted by atomic mass is 10.1. The molecule has 1 aromatic heterocycles. The standard InChI is InChI=1S/C18H24N4O3/c1-13(2)12-25-18(24)22-8-4-7-21(9-10-22)17(23)15-6-3-5-14-11-19-20-16(14)15/h3,5-6,11,13H,4,7-10,12H2,1-2H3,(H,19,20). The van der Waals surface area contributed by atoms with Crippen molar-refractivity contribution in [1.29, 1.82) is 0 Å². The number of hydrogen-bond acceptors (Lipinski definition) is 4. The zero-order chi connectivity index (χ0) is 17.8. The van der Waals surface area contributed by atoms with E-state index in [0.29, 0.717) is 44.3 Å². The average Bonchev–Trinajstić information content (AvgIpc) is 2.95. The number of nitrogens with zero attached hydrogens (tertiary/aromatic N) is 3. The van der Waals surface area contributed by atoms with Crippen molar-refractivity contribution in [2.75, 3.05) is 32.8 Å². The van der Waals surface area contributed by atoms with Crippen LogP contribution < -0.4 is 0 Å². The molecule has 0 saturated carbocycles. The minimum absolute atomic E-state index is 0.0350. The first-order valence-electron chi connectivity index (χ1n) is 8.69. The third-order valence-corrected chi connectivity index (χ3v) is 4.29. The second kappa shape index (κ2) is 7.55. The van der Waals surface area contributed by atoms with Gasteiger partial charge in [0.2, 0.25) is 0 Å². The highest BCUT2D eigenvalue weighted by Gasteiger charge is 2.24. The summed E-state index contributed by atoms with van der Waals surface area (Å²) < 4.78 is 5.30. The number of nitrogens with one attached hydrogen (secondary N) is 1. The van der Waals surface area contributed by atoms with Crippen molar-refractivity contribution in [3.63, 3.8) is 0 Å². The number of carbonyl (C=O) groups is 2. The van der Waals surface area contributed by atoms with Crippen LogP contribution in [-0.4, -0.2) is 64.8 Å². The fourth-order valence-corrected chi connectivity index (χ4v) is 2.95. The molecule has 2 amide bonds. The van der Waals surface area contributed by atoms with Crippen molar-refractivity contribution in [2.24, 2.45) is 5.92 Å². The Morgan fingerprint density at radius 1 is 1.20 bits per heavy atom. The molecule has 7 heteroatoms. The Hall–Kier alpha value is -2.57. The predicted molar refractivity (Wildman–Crippen MR) is 94.4 cm³/mol. The number of aromatic amines is 1. The molecule has 134 valence electrons. The molecule has 1 aliphatic heterocycles. The van der Waals surface area contributed by atoms with Gasteiger partial charge in [0.15, 0.2) is 0 Å². The number of ether oxygens (including phenoxy) is 1. The SMILES string of the molecule is CC(C)COC(=O)N1CCCN(C(=O)c2cccc3cn[nH]c23)CC1. The van der Waals surface area contributed by atoms with Crippen LogP contribution in [0.4, 0.5) is 4.79 Å². The molecule has 0 aliphatic carbocycles. The van der Waals surface area contributed by atoms with Gasteiger partial charge in [0.05, 0.1) is 23.9 Å². The fraction of sp³-hybridized carbons (Fsp3) is 0.500. The molecule has 0 unspecified atom stereocenters. The summed E-state index contributed by atoms with van der Waals surface area (Å²) in [6, 6.07) is 5.59. The Labute approximate surface area is 146 Å². The van der Waals surface area contributed by atoms with Gasteiger partial charge in [-0.15, -0.1) is 0 Å². The molecular weight excluding hydrogens is 320 g/mol. The Morgan fingerprint density at radius 3 is 2.76 bits per heavy atom. The van der Waals surface area contributed by atoms with E-state index in [1.807, 2.05) is 32.0 Å². The third kappa shape index (κ3) is 3.92. The van der Waals surface area contributed by atoms with Gasteiger partial charge in [-0.3, -0.25) is 9.89 Å². The van der Waals surface area contributed by atoms with Gasteiger partial charge in [-0.25, -0.2) is 4.79 Å². The van der Waals surface area contributed by atoms with Crippen LogP contribution >= 0.6 is 0 Å². The van der Waals surface area contributed by atoms with Crippen molar-refractivity contribution >= 4 is 22.9 Å². The first-order chi connectivity index (χ1) is 12.1. The van der Waals surface area contributed by atoms with Crippen molar-refractivity contribution in [3.8, 4) is 0 Å². The van der Waals surface area contributed by atoms with Gasteiger partial charge >= 0.3 is 6.09 Å². The molecule has 0 atom stereocenters. The Balaban J connectivity index is 1.66. The molecule has 1 aromatic carbocycles. The number of para-hydroxylation sites is 1. The van der Waals surface area contributed by atoms with Crippen LogP contribution in [-0.2, 0) is 4.74 Å². The van der Waals surface area contributed by atoms with Crippen molar-refractivity contribution in [2.45, 2.75) is 20.3 Å². The summed E-state index contributed by atoms with van der Waals surface area (Å²) >= 11 is 0. The van der Waals surface area contributed by atoms with Crippen LogP contribution in [0.5, 0.6) is 0 Å². The van der Waals surface area contributed by atoms with E-state index in [0.717, 1.165) is 17.3 Å². The number of rotatable bonds is 3. The quantitative estimate of drug-likeness (QED) is 0.928. The van der Waals surface area contributed by atoms with E-state index in [1.54, 1.807) is 16.0 Å². The van der Waals surface area contributed by atoms with E-state index in [1.165, 1.54) is 0 Å². The lowest BCUT2D eigenvalue weighted by Crippen LogP contribution is -2.38. The Kier molecular flexibility index (Phi) is 5.21. The number of benzene rings is 1. The summed E-state index contributed by atoms with van der Waals surface area (Å²) in [6.45, 7) is 6.65. The number of fused-ring (bicyclic) bond motifs is 1. The topological polar surface area (TPSA) is 78.5 Å². The molecule has 25 heavy (non-hydrogen) atoms. The summed E-state index contributed by atoms with van der Waals surface area (Å²) in [6.07, 6.45) is 2.15. The van der Waals surface area contributed by atoms with E-state index in [4.69, 9.17) is 4.74 Å². The summed E-state index contributed by atoms with van der Waals surface area (Å²) in [4.78, 5) is 28.5.